The van der Waals surface area contributed by atoms with E-state index in [0.717, 1.165) is 25.1 Å². The molecule has 1 aromatic carbocycles. The highest BCUT2D eigenvalue weighted by Gasteiger charge is 2.36. The third-order valence-electron chi connectivity index (χ3n) is 4.71. The number of piperidine rings is 1. The molecule has 2 aliphatic rings. The molecule has 1 aromatic rings. The van der Waals surface area contributed by atoms with Gasteiger partial charge in [0.2, 0.25) is 0 Å². The Hall–Kier alpha value is -2.21. The number of likely N-dealkylation sites (tertiary alicyclic amines) is 1. The van der Waals surface area contributed by atoms with Crippen LogP contribution >= 0.6 is 0 Å². The van der Waals surface area contributed by atoms with Crippen molar-refractivity contribution < 1.29 is 14.3 Å². The molecule has 0 radical (unpaired) electrons. The van der Waals surface area contributed by atoms with Crippen LogP contribution in [0.15, 0.2) is 35.4 Å². The van der Waals surface area contributed by atoms with Gasteiger partial charge in [-0.1, -0.05) is 18.2 Å². The number of para-hydroxylation sites is 1. The summed E-state index contributed by atoms with van der Waals surface area (Å²) in [6.07, 6.45) is 2.37. The van der Waals surface area contributed by atoms with Gasteiger partial charge in [0, 0.05) is 26.1 Å². The van der Waals surface area contributed by atoms with Crippen LogP contribution in [0.1, 0.15) is 33.1 Å². The summed E-state index contributed by atoms with van der Waals surface area (Å²) in [6.45, 7) is 5.49. The number of rotatable bonds is 5. The molecule has 25 heavy (non-hydrogen) atoms. The van der Waals surface area contributed by atoms with Gasteiger partial charge in [-0.15, -0.1) is 0 Å². The minimum absolute atomic E-state index is 0.0150. The number of carbonyl (C=O) groups is 2. The highest BCUT2D eigenvalue weighted by Crippen LogP contribution is 2.26. The van der Waals surface area contributed by atoms with E-state index in [0.29, 0.717) is 25.3 Å². The molecule has 2 heterocycles. The van der Waals surface area contributed by atoms with E-state index >= 15 is 0 Å². The second kappa shape index (κ2) is 7.78. The average Bonchev–Trinajstić information content (AvgIpc) is 3.08. The first-order chi connectivity index (χ1) is 12.1. The summed E-state index contributed by atoms with van der Waals surface area (Å²) in [6, 6.07) is 9.12. The second-order valence-electron chi connectivity index (χ2n) is 6.53. The predicted molar refractivity (Wildman–Crippen MR) is 96.7 cm³/mol. The SMILES string of the molecule is CCOC1CCCN(C(=O)C2=NN(c3ccccc3)C(C(C)=O)C2)C1. The smallest absolute Gasteiger partial charge is 0.270 e. The molecule has 1 amide bonds. The van der Waals surface area contributed by atoms with Crippen LogP contribution < -0.4 is 5.01 Å². The molecule has 0 aliphatic carbocycles. The van der Waals surface area contributed by atoms with Gasteiger partial charge in [0.15, 0.2) is 5.78 Å². The van der Waals surface area contributed by atoms with Crippen molar-refractivity contribution >= 4 is 23.1 Å². The fraction of sp³-hybridized carbons (Fsp3) is 0.526. The topological polar surface area (TPSA) is 62.2 Å². The van der Waals surface area contributed by atoms with E-state index < -0.39 is 6.04 Å². The molecule has 3 rings (SSSR count). The number of Topliss-reactive ketones (excluding diaryl/α,β-unsaturated/α-hetero) is 1. The number of anilines is 1. The number of hydrazone groups is 1. The van der Waals surface area contributed by atoms with Crippen molar-refractivity contribution in [3.8, 4) is 0 Å². The Morgan fingerprint density at radius 1 is 1.28 bits per heavy atom. The van der Waals surface area contributed by atoms with Crippen LogP contribution in [0.3, 0.4) is 0 Å². The summed E-state index contributed by atoms with van der Waals surface area (Å²) in [5, 5.41) is 6.18. The summed E-state index contributed by atoms with van der Waals surface area (Å²) >= 11 is 0. The number of amides is 1. The monoisotopic (exact) mass is 343 g/mol. The lowest BCUT2D eigenvalue weighted by atomic mass is 10.0. The number of carbonyl (C=O) groups excluding carboxylic acids is 2. The lowest BCUT2D eigenvalue weighted by Crippen LogP contribution is -2.46. The molecular formula is C19H25N3O3. The Morgan fingerprint density at radius 2 is 2.04 bits per heavy atom. The largest absolute Gasteiger partial charge is 0.377 e. The van der Waals surface area contributed by atoms with Crippen LogP contribution in [0.5, 0.6) is 0 Å². The molecule has 1 saturated heterocycles. The van der Waals surface area contributed by atoms with Crippen LogP contribution in [0.25, 0.3) is 0 Å². The number of ketones is 1. The molecule has 2 atom stereocenters. The first-order valence-corrected chi connectivity index (χ1v) is 8.93. The summed E-state index contributed by atoms with van der Waals surface area (Å²) < 4.78 is 5.68. The van der Waals surface area contributed by atoms with Crippen LogP contribution in [0.4, 0.5) is 5.69 Å². The predicted octanol–water partition coefficient (Wildman–Crippen LogP) is 2.24. The van der Waals surface area contributed by atoms with Gasteiger partial charge in [-0.05, 0) is 38.8 Å². The molecule has 6 heteroatoms. The quantitative estimate of drug-likeness (QED) is 0.822. The van der Waals surface area contributed by atoms with E-state index in [1.54, 1.807) is 11.9 Å². The van der Waals surface area contributed by atoms with Crippen molar-refractivity contribution in [2.45, 2.75) is 45.3 Å². The van der Waals surface area contributed by atoms with Gasteiger partial charge in [-0.25, -0.2) is 0 Å². The minimum Gasteiger partial charge on any atom is -0.377 e. The molecular weight excluding hydrogens is 318 g/mol. The third-order valence-corrected chi connectivity index (χ3v) is 4.71. The number of ether oxygens (including phenoxy) is 1. The maximum absolute atomic E-state index is 12.9. The van der Waals surface area contributed by atoms with Crippen LogP contribution in [-0.2, 0) is 14.3 Å². The van der Waals surface area contributed by atoms with E-state index in [2.05, 4.69) is 5.10 Å². The van der Waals surface area contributed by atoms with Gasteiger partial charge in [0.05, 0.1) is 11.8 Å². The molecule has 6 nitrogen and oxygen atoms in total. The number of hydrogen-bond acceptors (Lipinski definition) is 5. The van der Waals surface area contributed by atoms with Crippen molar-refractivity contribution in [2.24, 2.45) is 5.10 Å². The Morgan fingerprint density at radius 3 is 2.72 bits per heavy atom. The number of hydrogen-bond donors (Lipinski definition) is 0. The molecule has 134 valence electrons. The summed E-state index contributed by atoms with van der Waals surface area (Å²) in [7, 11) is 0. The van der Waals surface area contributed by atoms with E-state index in [-0.39, 0.29) is 17.8 Å². The highest BCUT2D eigenvalue weighted by molar-refractivity contribution is 6.40. The first kappa shape index (κ1) is 17.6. The standard InChI is InChI=1S/C19H25N3O3/c1-3-25-16-10-7-11-21(13-16)19(24)17-12-18(14(2)23)22(20-17)15-8-5-4-6-9-15/h4-6,8-9,16,18H,3,7,10-13H2,1-2H3. The Kier molecular flexibility index (Phi) is 5.48. The fourth-order valence-corrected chi connectivity index (χ4v) is 3.45. The molecule has 0 spiro atoms. The number of benzene rings is 1. The number of nitrogens with zero attached hydrogens (tertiary/aromatic N) is 3. The highest BCUT2D eigenvalue weighted by atomic mass is 16.5. The van der Waals surface area contributed by atoms with Crippen LogP contribution in [0.2, 0.25) is 0 Å². The zero-order chi connectivity index (χ0) is 17.8. The minimum atomic E-state index is -0.408. The maximum Gasteiger partial charge on any atom is 0.270 e. The van der Waals surface area contributed by atoms with Crippen molar-refractivity contribution in [3.05, 3.63) is 30.3 Å². The van der Waals surface area contributed by atoms with Gasteiger partial charge in [-0.2, -0.15) is 5.10 Å². The molecule has 2 aliphatic heterocycles. The molecule has 1 fully saturated rings. The van der Waals surface area contributed by atoms with Crippen LogP contribution in [0, 0.1) is 0 Å². The Balaban J connectivity index is 1.77. The van der Waals surface area contributed by atoms with Crippen molar-refractivity contribution in [2.75, 3.05) is 24.7 Å². The van der Waals surface area contributed by atoms with Gasteiger partial charge in [0.1, 0.15) is 11.8 Å². The van der Waals surface area contributed by atoms with Gasteiger partial charge >= 0.3 is 0 Å². The van der Waals surface area contributed by atoms with E-state index in [9.17, 15) is 9.59 Å². The normalized spacial score (nSPS) is 23.5. The molecule has 0 bridgehead atoms. The summed E-state index contributed by atoms with van der Waals surface area (Å²) in [4.78, 5) is 26.8. The maximum atomic E-state index is 12.9. The first-order valence-electron chi connectivity index (χ1n) is 8.93. The Bertz CT molecular complexity index is 657. The van der Waals surface area contributed by atoms with Crippen molar-refractivity contribution in [3.63, 3.8) is 0 Å². The van der Waals surface area contributed by atoms with Crippen molar-refractivity contribution in [1.29, 1.82) is 0 Å². The fourth-order valence-electron chi connectivity index (χ4n) is 3.45. The molecule has 0 saturated carbocycles. The van der Waals surface area contributed by atoms with E-state index in [1.165, 1.54) is 0 Å². The zero-order valence-electron chi connectivity index (χ0n) is 14.9. The van der Waals surface area contributed by atoms with Gasteiger partial charge in [-0.3, -0.25) is 14.6 Å². The van der Waals surface area contributed by atoms with E-state index in [4.69, 9.17) is 4.74 Å². The van der Waals surface area contributed by atoms with Gasteiger partial charge in [0.25, 0.3) is 5.91 Å². The average molecular weight is 343 g/mol. The van der Waals surface area contributed by atoms with E-state index in [1.807, 2.05) is 42.2 Å². The molecule has 2 unspecified atom stereocenters. The van der Waals surface area contributed by atoms with Gasteiger partial charge < -0.3 is 9.64 Å². The summed E-state index contributed by atoms with van der Waals surface area (Å²) in [5.41, 5.74) is 1.29. The summed E-state index contributed by atoms with van der Waals surface area (Å²) in [5.74, 6) is -0.0599. The Labute approximate surface area is 148 Å². The zero-order valence-corrected chi connectivity index (χ0v) is 14.9. The molecule has 0 aromatic heterocycles. The van der Waals surface area contributed by atoms with Crippen molar-refractivity contribution in [1.82, 2.24) is 4.90 Å². The third kappa shape index (κ3) is 3.90. The lowest BCUT2D eigenvalue weighted by molar-refractivity contribution is -0.128. The lowest BCUT2D eigenvalue weighted by Gasteiger charge is -2.32. The molecule has 0 N–H and O–H groups in total. The van der Waals surface area contributed by atoms with Crippen LogP contribution in [-0.4, -0.2) is 54.1 Å². The second-order valence-corrected chi connectivity index (χ2v) is 6.53.